The molecule has 1 N–H and O–H groups in total. The van der Waals surface area contributed by atoms with Crippen molar-refractivity contribution < 1.29 is 22.7 Å². The van der Waals surface area contributed by atoms with Gasteiger partial charge in [0.15, 0.2) is 5.65 Å². The van der Waals surface area contributed by atoms with Crippen LogP contribution in [0.5, 0.6) is 5.75 Å². The highest BCUT2D eigenvalue weighted by Crippen LogP contribution is 2.34. The van der Waals surface area contributed by atoms with Gasteiger partial charge in [-0.25, -0.2) is 9.78 Å². The number of carbonyl (C=O) groups is 1. The maximum Gasteiger partial charge on any atom is 0.417 e. The summed E-state index contributed by atoms with van der Waals surface area (Å²) in [5.74, 6) is 0.455. The van der Waals surface area contributed by atoms with E-state index < -0.39 is 17.4 Å². The Kier molecular flexibility index (Phi) is 6.38. The summed E-state index contributed by atoms with van der Waals surface area (Å²) in [4.78, 5) is 28.2. The van der Waals surface area contributed by atoms with Crippen LogP contribution < -0.4 is 15.7 Å². The number of rotatable bonds is 6. The van der Waals surface area contributed by atoms with Crippen LogP contribution in [0.4, 0.5) is 13.2 Å². The highest BCUT2D eigenvalue weighted by atomic mass is 35.5. The van der Waals surface area contributed by atoms with E-state index in [1.54, 1.807) is 18.2 Å². The van der Waals surface area contributed by atoms with Crippen LogP contribution in [0.3, 0.4) is 0 Å². The maximum atomic E-state index is 13.4. The van der Waals surface area contributed by atoms with E-state index in [0.717, 1.165) is 12.3 Å². The second kappa shape index (κ2) is 9.09. The summed E-state index contributed by atoms with van der Waals surface area (Å²) in [5, 5.41) is 3.08. The predicted octanol–water partition coefficient (Wildman–Crippen LogP) is 4.16. The number of carbonyl (C=O) groups excluding carboxylic acids is 1. The van der Waals surface area contributed by atoms with Crippen LogP contribution >= 0.6 is 11.6 Å². The summed E-state index contributed by atoms with van der Waals surface area (Å²) in [6.07, 6.45) is -0.653. The monoisotopic (exact) mass is 482 g/mol. The molecule has 0 radical (unpaired) electrons. The lowest BCUT2D eigenvalue weighted by Gasteiger charge is -2.28. The van der Waals surface area contributed by atoms with Gasteiger partial charge in [0.05, 0.1) is 29.8 Å². The van der Waals surface area contributed by atoms with Crippen molar-refractivity contribution in [2.45, 2.75) is 50.5 Å². The van der Waals surface area contributed by atoms with E-state index >= 15 is 0 Å². The van der Waals surface area contributed by atoms with Crippen molar-refractivity contribution in [3.05, 3.63) is 57.1 Å². The molecule has 4 rings (SSSR count). The number of hydrogen-bond donors (Lipinski definition) is 1. The Labute approximate surface area is 192 Å². The fourth-order valence-corrected chi connectivity index (χ4v) is 4.66. The Bertz CT molecular complexity index is 1230. The Morgan fingerprint density at radius 1 is 1.24 bits per heavy atom. The summed E-state index contributed by atoms with van der Waals surface area (Å²) in [6.45, 7) is 0.0249. The molecule has 0 unspecified atom stereocenters. The Hall–Kier alpha value is -3.01. The van der Waals surface area contributed by atoms with E-state index in [-0.39, 0.29) is 29.8 Å². The quantitative estimate of drug-likeness (QED) is 0.535. The van der Waals surface area contributed by atoms with Gasteiger partial charge in [-0.3, -0.25) is 13.9 Å². The van der Waals surface area contributed by atoms with Crippen molar-refractivity contribution in [1.82, 2.24) is 19.4 Å². The maximum absolute atomic E-state index is 13.4. The lowest BCUT2D eigenvalue weighted by Crippen LogP contribution is -2.35. The van der Waals surface area contributed by atoms with Crippen molar-refractivity contribution in [2.75, 3.05) is 7.11 Å². The highest BCUT2D eigenvalue weighted by Gasteiger charge is 2.33. The van der Waals surface area contributed by atoms with Gasteiger partial charge in [-0.05, 0) is 49.4 Å². The molecule has 1 saturated carbocycles. The van der Waals surface area contributed by atoms with Crippen LogP contribution in [0, 0.1) is 0 Å². The second-order valence-corrected chi connectivity index (χ2v) is 8.47. The molecule has 11 heteroatoms. The van der Waals surface area contributed by atoms with E-state index in [1.807, 2.05) is 0 Å². The summed E-state index contributed by atoms with van der Waals surface area (Å²) in [7, 11) is 1.47. The largest absolute Gasteiger partial charge is 0.495 e. The number of nitrogens with zero attached hydrogens (tertiary/aromatic N) is 3. The van der Waals surface area contributed by atoms with E-state index in [4.69, 9.17) is 16.3 Å². The molecular formula is C22H22ClF3N4O3. The fraction of sp³-hybridized carbons (Fsp3) is 0.409. The van der Waals surface area contributed by atoms with Gasteiger partial charge in [-0.2, -0.15) is 13.2 Å². The van der Waals surface area contributed by atoms with Crippen molar-refractivity contribution in [2.24, 2.45) is 0 Å². The molecule has 3 aromatic rings. The van der Waals surface area contributed by atoms with Gasteiger partial charge in [0, 0.05) is 18.3 Å². The number of nitrogens with one attached hydrogen (secondary N) is 1. The number of methoxy groups -OCH3 is 1. The lowest BCUT2D eigenvalue weighted by molar-refractivity contribution is -0.137. The second-order valence-electron chi connectivity index (χ2n) is 8.06. The third kappa shape index (κ3) is 4.57. The van der Waals surface area contributed by atoms with Gasteiger partial charge in [0.25, 0.3) is 0 Å². The summed E-state index contributed by atoms with van der Waals surface area (Å²) >= 11 is 6.20. The molecular weight excluding hydrogens is 461 g/mol. The van der Waals surface area contributed by atoms with Gasteiger partial charge in [-0.1, -0.05) is 17.7 Å². The number of pyridine rings is 1. The highest BCUT2D eigenvalue weighted by molar-refractivity contribution is 6.32. The van der Waals surface area contributed by atoms with Crippen LogP contribution in [0.25, 0.3) is 11.2 Å². The smallest absolute Gasteiger partial charge is 0.417 e. The minimum atomic E-state index is -4.59. The average molecular weight is 483 g/mol. The fourth-order valence-electron chi connectivity index (χ4n) is 4.38. The zero-order chi connectivity index (χ0) is 23.8. The molecule has 2 heterocycles. The minimum Gasteiger partial charge on any atom is -0.495 e. The Morgan fingerprint density at radius 2 is 1.97 bits per heavy atom. The van der Waals surface area contributed by atoms with Gasteiger partial charge < -0.3 is 10.1 Å². The van der Waals surface area contributed by atoms with Gasteiger partial charge in [0.1, 0.15) is 5.75 Å². The molecule has 176 valence electrons. The number of alkyl halides is 3. The SMILES string of the molecule is COc1ccc(Cn2c(=O)n([C@H]3CC[C@H](NC=O)CC3)c3ncc(C(F)(F)F)cc32)cc1Cl. The average Bonchev–Trinajstić information content (AvgIpc) is 3.05. The molecule has 2 aromatic heterocycles. The van der Waals surface area contributed by atoms with Gasteiger partial charge in [-0.15, -0.1) is 0 Å². The molecule has 1 aliphatic carbocycles. The van der Waals surface area contributed by atoms with E-state index in [9.17, 15) is 22.8 Å². The number of amides is 1. The van der Waals surface area contributed by atoms with Crippen LogP contribution in [0.2, 0.25) is 5.02 Å². The van der Waals surface area contributed by atoms with Crippen LogP contribution in [0.1, 0.15) is 42.9 Å². The third-order valence-electron chi connectivity index (χ3n) is 6.05. The topological polar surface area (TPSA) is 78.1 Å². The summed E-state index contributed by atoms with van der Waals surface area (Å²) in [5.41, 5.74) is -0.407. The number of aromatic nitrogens is 3. The number of ether oxygens (including phenoxy) is 1. The van der Waals surface area contributed by atoms with E-state index in [1.165, 1.54) is 16.2 Å². The van der Waals surface area contributed by atoms with Crippen molar-refractivity contribution in [3.8, 4) is 5.75 Å². The summed E-state index contributed by atoms with van der Waals surface area (Å²) < 4.78 is 48.1. The molecule has 1 fully saturated rings. The van der Waals surface area contributed by atoms with E-state index in [2.05, 4.69) is 10.3 Å². The van der Waals surface area contributed by atoms with E-state index in [0.29, 0.717) is 48.4 Å². The van der Waals surface area contributed by atoms with Crippen molar-refractivity contribution >= 4 is 29.2 Å². The Morgan fingerprint density at radius 3 is 2.58 bits per heavy atom. The van der Waals surface area contributed by atoms with Gasteiger partial charge in [0.2, 0.25) is 6.41 Å². The first-order valence-corrected chi connectivity index (χ1v) is 10.8. The normalized spacial score (nSPS) is 18.9. The van der Waals surface area contributed by atoms with Crippen molar-refractivity contribution in [1.29, 1.82) is 0 Å². The van der Waals surface area contributed by atoms with Crippen LogP contribution in [-0.2, 0) is 17.5 Å². The number of benzene rings is 1. The third-order valence-corrected chi connectivity index (χ3v) is 6.35. The minimum absolute atomic E-state index is 0.0223. The lowest BCUT2D eigenvalue weighted by atomic mass is 9.91. The number of imidazole rings is 1. The summed E-state index contributed by atoms with van der Waals surface area (Å²) in [6, 6.07) is 5.72. The number of halogens is 4. The molecule has 1 amide bonds. The molecule has 33 heavy (non-hydrogen) atoms. The molecule has 0 aliphatic heterocycles. The molecule has 1 aromatic carbocycles. The number of fused-ring (bicyclic) bond motifs is 1. The Balaban J connectivity index is 1.79. The predicted molar refractivity (Wildman–Crippen MR) is 117 cm³/mol. The molecule has 1 aliphatic rings. The first-order valence-electron chi connectivity index (χ1n) is 10.4. The van der Waals surface area contributed by atoms with Crippen LogP contribution in [-0.4, -0.2) is 33.7 Å². The first-order chi connectivity index (χ1) is 15.7. The van der Waals surface area contributed by atoms with Crippen LogP contribution in [0.15, 0.2) is 35.3 Å². The molecule has 0 atom stereocenters. The zero-order valence-corrected chi connectivity index (χ0v) is 18.5. The number of hydrogen-bond acceptors (Lipinski definition) is 4. The molecule has 7 nitrogen and oxygen atoms in total. The van der Waals surface area contributed by atoms with Gasteiger partial charge >= 0.3 is 11.9 Å². The zero-order valence-electron chi connectivity index (χ0n) is 17.7. The molecule has 0 saturated heterocycles. The van der Waals surface area contributed by atoms with Crippen molar-refractivity contribution in [3.63, 3.8) is 0 Å². The molecule has 0 bridgehead atoms. The standard InChI is InChI=1S/C22H22ClF3N4O3/c1-33-19-7-2-13(8-17(19)23)11-29-18-9-14(22(24,25)26)10-27-20(18)30(21(29)32)16-5-3-15(4-6-16)28-12-31/h2,7-10,12,15-16H,3-6,11H2,1H3,(H,28,31)/t15-,16-. The first kappa shape index (κ1) is 23.2. The molecule has 0 spiro atoms.